The first-order valence-electron chi connectivity index (χ1n) is 6.13. The second-order valence-corrected chi connectivity index (χ2v) is 5.45. The number of aromatic nitrogens is 2. The summed E-state index contributed by atoms with van der Waals surface area (Å²) in [5, 5.41) is 29.2. The molecular weight excluding hydrogens is 323 g/mol. The first kappa shape index (κ1) is 14.8. The molecule has 1 aromatic heterocycles. The van der Waals surface area contributed by atoms with E-state index < -0.39 is 31.2 Å². The van der Waals surface area contributed by atoms with Crippen LogP contribution in [-0.2, 0) is 4.74 Å². The maximum atomic E-state index is 9.84. The van der Waals surface area contributed by atoms with Crippen molar-refractivity contribution in [3.8, 4) is 0 Å². The smallest absolute Gasteiger partial charge is 0.254 e. The van der Waals surface area contributed by atoms with Gasteiger partial charge in [0.05, 0.1) is 22.2 Å². The first-order valence-corrected chi connectivity index (χ1v) is 6.88. The lowest BCUT2D eigenvalue weighted by Crippen LogP contribution is -2.38. The Kier molecular flexibility index (Phi) is 3.96. The quantitative estimate of drug-likeness (QED) is 0.742. The third-order valence-electron chi connectivity index (χ3n) is 3.27. The minimum absolute atomic E-state index is 0.329. The van der Waals surface area contributed by atoms with Gasteiger partial charge in [0.1, 0.15) is 30.2 Å². The molecule has 0 saturated carbocycles. The SMILES string of the molecule is OC[C@H]1O[C@@H](On2cnc3cc(Cl)c(Cl)cc32)[C@H](O)[C@@H]1O. The van der Waals surface area contributed by atoms with Gasteiger partial charge in [-0.15, -0.1) is 0 Å². The van der Waals surface area contributed by atoms with Crippen LogP contribution in [0.4, 0.5) is 0 Å². The highest BCUT2D eigenvalue weighted by Crippen LogP contribution is 2.27. The molecule has 0 aliphatic carbocycles. The third-order valence-corrected chi connectivity index (χ3v) is 3.99. The molecule has 3 N–H and O–H groups in total. The molecule has 0 bridgehead atoms. The summed E-state index contributed by atoms with van der Waals surface area (Å²) in [6.07, 6.45) is -3.19. The van der Waals surface area contributed by atoms with Gasteiger partial charge in [0.15, 0.2) is 0 Å². The van der Waals surface area contributed by atoms with Gasteiger partial charge >= 0.3 is 0 Å². The van der Waals surface area contributed by atoms with Crippen LogP contribution < -0.4 is 4.84 Å². The predicted octanol–water partition coefficient (Wildman–Crippen LogP) is 0.211. The fourth-order valence-electron chi connectivity index (χ4n) is 2.13. The minimum Gasteiger partial charge on any atom is -0.394 e. The van der Waals surface area contributed by atoms with Crippen LogP contribution in [0.15, 0.2) is 18.5 Å². The Morgan fingerprint density at radius 2 is 1.95 bits per heavy atom. The highest BCUT2D eigenvalue weighted by atomic mass is 35.5. The fourth-order valence-corrected chi connectivity index (χ4v) is 2.45. The molecule has 4 atom stereocenters. The molecule has 3 rings (SSSR count). The number of halogens is 2. The molecule has 0 spiro atoms. The fraction of sp³-hybridized carbons (Fsp3) is 0.417. The van der Waals surface area contributed by atoms with Crippen molar-refractivity contribution in [1.82, 2.24) is 9.71 Å². The summed E-state index contributed by atoms with van der Waals surface area (Å²) < 4.78 is 6.49. The van der Waals surface area contributed by atoms with Crippen LogP contribution in [0.5, 0.6) is 0 Å². The second kappa shape index (κ2) is 5.60. The van der Waals surface area contributed by atoms with E-state index in [0.717, 1.165) is 0 Å². The molecule has 0 unspecified atom stereocenters. The van der Waals surface area contributed by atoms with Crippen LogP contribution in [0.1, 0.15) is 0 Å². The van der Waals surface area contributed by atoms with Gasteiger partial charge in [0, 0.05) is 0 Å². The van der Waals surface area contributed by atoms with E-state index in [4.69, 9.17) is 37.9 Å². The molecule has 1 fully saturated rings. The predicted molar refractivity (Wildman–Crippen MR) is 74.1 cm³/mol. The third kappa shape index (κ3) is 2.57. The zero-order chi connectivity index (χ0) is 15.1. The van der Waals surface area contributed by atoms with E-state index in [9.17, 15) is 10.2 Å². The Balaban J connectivity index is 1.87. The van der Waals surface area contributed by atoms with Crippen LogP contribution in [0.2, 0.25) is 10.0 Å². The van der Waals surface area contributed by atoms with Crippen LogP contribution in [0.3, 0.4) is 0 Å². The van der Waals surface area contributed by atoms with Crippen LogP contribution in [-0.4, -0.2) is 56.2 Å². The summed E-state index contributed by atoms with van der Waals surface area (Å²) >= 11 is 11.8. The van der Waals surface area contributed by atoms with Crippen molar-refractivity contribution >= 4 is 34.2 Å². The Labute approximate surface area is 129 Å². The van der Waals surface area contributed by atoms with E-state index in [1.807, 2.05) is 0 Å². The molecule has 114 valence electrons. The lowest BCUT2D eigenvalue weighted by Gasteiger charge is -2.17. The molecular formula is C12H12Cl2N2O5. The number of hydrogen-bond donors (Lipinski definition) is 3. The maximum Gasteiger partial charge on any atom is 0.254 e. The van der Waals surface area contributed by atoms with E-state index in [1.54, 1.807) is 12.1 Å². The molecule has 21 heavy (non-hydrogen) atoms. The van der Waals surface area contributed by atoms with Gasteiger partial charge in [-0.1, -0.05) is 23.2 Å². The van der Waals surface area contributed by atoms with Gasteiger partial charge in [-0.05, 0) is 12.1 Å². The zero-order valence-corrected chi connectivity index (χ0v) is 12.1. The number of rotatable bonds is 3. The average Bonchev–Trinajstić information content (AvgIpc) is 2.96. The van der Waals surface area contributed by atoms with Crippen LogP contribution >= 0.6 is 23.2 Å². The Morgan fingerprint density at radius 3 is 2.62 bits per heavy atom. The van der Waals surface area contributed by atoms with Crippen LogP contribution in [0, 0.1) is 0 Å². The summed E-state index contributed by atoms with van der Waals surface area (Å²) in [5.74, 6) is 0. The molecule has 0 radical (unpaired) electrons. The number of aliphatic hydroxyl groups is 3. The van der Waals surface area contributed by atoms with E-state index in [-0.39, 0.29) is 0 Å². The van der Waals surface area contributed by atoms with Gasteiger partial charge in [-0.3, -0.25) is 0 Å². The number of imidazole rings is 1. The lowest BCUT2D eigenvalue weighted by atomic mass is 10.1. The molecule has 0 amide bonds. The normalized spacial score (nSPS) is 29.2. The monoisotopic (exact) mass is 334 g/mol. The lowest BCUT2D eigenvalue weighted by molar-refractivity contribution is -0.168. The number of ether oxygens (including phenoxy) is 1. The number of aliphatic hydroxyl groups excluding tert-OH is 3. The standard InChI is InChI=1S/C12H12Cl2N2O5/c13-5-1-7-8(2-6(5)14)16(4-15-7)21-12-11(19)10(18)9(3-17)20-12/h1-2,4,9-12,17-19H,3H2/t9-,10-,11-,12+/m1/s1. The molecule has 1 saturated heterocycles. The average molecular weight is 335 g/mol. The number of benzene rings is 1. The minimum atomic E-state index is -1.29. The number of nitrogens with zero attached hydrogens (tertiary/aromatic N) is 2. The van der Waals surface area contributed by atoms with Gasteiger partial charge in [0.2, 0.25) is 0 Å². The second-order valence-electron chi connectivity index (χ2n) is 4.64. The van der Waals surface area contributed by atoms with Gasteiger partial charge in [0.25, 0.3) is 6.29 Å². The Bertz CT molecular complexity index is 664. The van der Waals surface area contributed by atoms with E-state index in [1.165, 1.54) is 11.1 Å². The van der Waals surface area contributed by atoms with Gasteiger partial charge in [-0.25, -0.2) is 4.98 Å². The summed E-state index contributed by atoms with van der Waals surface area (Å²) in [6.45, 7) is -0.426. The Hall–Kier alpha value is -1.09. The largest absolute Gasteiger partial charge is 0.394 e. The van der Waals surface area contributed by atoms with E-state index in [2.05, 4.69) is 4.98 Å². The molecule has 1 aromatic carbocycles. The Morgan fingerprint density at radius 1 is 1.24 bits per heavy atom. The van der Waals surface area contributed by atoms with Gasteiger partial charge in [-0.2, -0.15) is 4.73 Å². The van der Waals surface area contributed by atoms with Crippen molar-refractivity contribution in [2.45, 2.75) is 24.6 Å². The molecule has 2 aromatic rings. The van der Waals surface area contributed by atoms with Crippen molar-refractivity contribution < 1.29 is 24.9 Å². The van der Waals surface area contributed by atoms with Crippen molar-refractivity contribution in [2.75, 3.05) is 6.61 Å². The van der Waals surface area contributed by atoms with Gasteiger partial charge < -0.3 is 24.9 Å². The van der Waals surface area contributed by atoms with E-state index >= 15 is 0 Å². The van der Waals surface area contributed by atoms with Crippen molar-refractivity contribution in [2.24, 2.45) is 0 Å². The summed E-state index contributed by atoms with van der Waals surface area (Å²) in [5.41, 5.74) is 1.08. The maximum absolute atomic E-state index is 9.84. The number of hydrogen-bond acceptors (Lipinski definition) is 6. The van der Waals surface area contributed by atoms with Crippen LogP contribution in [0.25, 0.3) is 11.0 Å². The first-order chi connectivity index (χ1) is 10.0. The van der Waals surface area contributed by atoms with Crippen molar-refractivity contribution in [1.29, 1.82) is 0 Å². The molecule has 7 nitrogen and oxygen atoms in total. The summed E-state index contributed by atoms with van der Waals surface area (Å²) in [7, 11) is 0. The molecule has 1 aliphatic rings. The van der Waals surface area contributed by atoms with E-state index in [0.29, 0.717) is 21.1 Å². The molecule has 1 aliphatic heterocycles. The van der Waals surface area contributed by atoms with Crippen molar-refractivity contribution in [3.05, 3.63) is 28.5 Å². The number of fused-ring (bicyclic) bond motifs is 1. The molecule has 2 heterocycles. The topological polar surface area (TPSA) is 97.0 Å². The molecule has 9 heteroatoms. The zero-order valence-electron chi connectivity index (χ0n) is 10.6. The highest BCUT2D eigenvalue weighted by molar-refractivity contribution is 6.42. The summed E-state index contributed by atoms with van der Waals surface area (Å²) in [4.78, 5) is 9.54. The summed E-state index contributed by atoms with van der Waals surface area (Å²) in [6, 6.07) is 3.14. The van der Waals surface area contributed by atoms with Crippen molar-refractivity contribution in [3.63, 3.8) is 0 Å². The highest BCUT2D eigenvalue weighted by Gasteiger charge is 2.44.